The fraction of sp³-hybridized carbons (Fsp3) is 0.273. The van der Waals surface area contributed by atoms with Crippen molar-refractivity contribution in [1.29, 1.82) is 0 Å². The monoisotopic (exact) mass is 489 g/mol. The zero-order valence-electron chi connectivity index (χ0n) is 22.7. The molecule has 3 nitrogen and oxygen atoms in total. The van der Waals surface area contributed by atoms with E-state index in [1.54, 1.807) is 13.8 Å². The number of benzene rings is 4. The predicted octanol–water partition coefficient (Wildman–Crippen LogP) is 7.01. The standard InChI is InChI=1S/C33H36BNO2/c1-31(2)27-17-11-10-16-25(27)26-21-20-24(22-28(26)31)35(23-14-8-7-9-15-23)30-19-13-12-18-29(30)34-37-33(5,6)32(3,4)36/h7-22,34,36H,1-6H3. The minimum Gasteiger partial charge on any atom is -0.427 e. The molecular formula is C33H36BNO2. The number of nitrogens with zero attached hydrogens (tertiary/aromatic N) is 1. The van der Waals surface area contributed by atoms with Gasteiger partial charge in [0, 0.05) is 22.5 Å². The molecule has 0 bridgehead atoms. The molecule has 0 unspecified atom stereocenters. The first-order valence-electron chi connectivity index (χ1n) is 13.0. The predicted molar refractivity (Wildman–Crippen MR) is 157 cm³/mol. The van der Waals surface area contributed by atoms with E-state index in [0.29, 0.717) is 7.48 Å². The molecule has 0 aromatic heterocycles. The van der Waals surface area contributed by atoms with Crippen LogP contribution >= 0.6 is 0 Å². The summed E-state index contributed by atoms with van der Waals surface area (Å²) in [6, 6.07) is 34.4. The summed E-state index contributed by atoms with van der Waals surface area (Å²) in [4.78, 5) is 2.31. The van der Waals surface area contributed by atoms with Crippen molar-refractivity contribution < 1.29 is 9.76 Å². The maximum absolute atomic E-state index is 10.6. The zero-order chi connectivity index (χ0) is 26.4. The van der Waals surface area contributed by atoms with Gasteiger partial charge in [-0.3, -0.25) is 0 Å². The van der Waals surface area contributed by atoms with Crippen molar-refractivity contribution in [3.05, 3.63) is 108 Å². The smallest absolute Gasteiger partial charge is 0.311 e. The molecule has 37 heavy (non-hydrogen) atoms. The average molecular weight is 489 g/mol. The van der Waals surface area contributed by atoms with Crippen molar-refractivity contribution in [3.63, 3.8) is 0 Å². The van der Waals surface area contributed by atoms with E-state index in [9.17, 15) is 5.11 Å². The second-order valence-corrected chi connectivity index (χ2v) is 11.6. The molecule has 0 saturated heterocycles. The molecule has 1 aliphatic carbocycles. The first-order chi connectivity index (χ1) is 17.5. The maximum Gasteiger partial charge on any atom is 0.311 e. The summed E-state index contributed by atoms with van der Waals surface area (Å²) in [6.07, 6.45) is 0. The zero-order valence-corrected chi connectivity index (χ0v) is 22.7. The minimum absolute atomic E-state index is 0.0797. The van der Waals surface area contributed by atoms with Gasteiger partial charge >= 0.3 is 7.48 Å². The molecule has 0 heterocycles. The molecule has 1 N–H and O–H groups in total. The Morgan fingerprint density at radius 2 is 1.32 bits per heavy atom. The molecule has 4 heteroatoms. The van der Waals surface area contributed by atoms with E-state index < -0.39 is 11.2 Å². The van der Waals surface area contributed by atoms with Crippen molar-refractivity contribution in [2.45, 2.75) is 58.2 Å². The van der Waals surface area contributed by atoms with Crippen LogP contribution in [0.4, 0.5) is 17.1 Å². The number of hydrogen-bond donors (Lipinski definition) is 1. The lowest BCUT2D eigenvalue weighted by molar-refractivity contribution is -0.0893. The molecule has 5 rings (SSSR count). The number of hydrogen-bond acceptors (Lipinski definition) is 3. The number of anilines is 3. The fourth-order valence-electron chi connectivity index (χ4n) is 5.12. The molecule has 0 spiro atoms. The summed E-state index contributed by atoms with van der Waals surface area (Å²) < 4.78 is 6.32. The fourth-order valence-corrected chi connectivity index (χ4v) is 5.12. The second kappa shape index (κ2) is 9.20. The van der Waals surface area contributed by atoms with Crippen LogP contribution in [0.2, 0.25) is 0 Å². The Morgan fingerprint density at radius 3 is 2.05 bits per heavy atom. The van der Waals surface area contributed by atoms with E-state index >= 15 is 0 Å². The number of aliphatic hydroxyl groups is 1. The average Bonchev–Trinajstić information content (AvgIpc) is 3.10. The summed E-state index contributed by atoms with van der Waals surface area (Å²) in [5.74, 6) is 0. The van der Waals surface area contributed by atoms with Crippen LogP contribution in [0.5, 0.6) is 0 Å². The summed E-state index contributed by atoms with van der Waals surface area (Å²) in [5, 5.41) is 10.6. The van der Waals surface area contributed by atoms with Crippen molar-refractivity contribution in [1.82, 2.24) is 0 Å². The third-order valence-corrected chi connectivity index (χ3v) is 8.13. The Balaban J connectivity index is 1.61. The van der Waals surface area contributed by atoms with Crippen molar-refractivity contribution in [2.75, 3.05) is 4.90 Å². The van der Waals surface area contributed by atoms with Gasteiger partial charge in [0.15, 0.2) is 0 Å². The molecule has 0 saturated carbocycles. The van der Waals surface area contributed by atoms with Gasteiger partial charge in [0.1, 0.15) is 0 Å². The summed E-state index contributed by atoms with van der Waals surface area (Å²) >= 11 is 0. The van der Waals surface area contributed by atoms with Crippen LogP contribution in [0.15, 0.2) is 97.1 Å². The number of rotatable bonds is 7. The highest BCUT2D eigenvalue weighted by molar-refractivity contribution is 6.49. The van der Waals surface area contributed by atoms with Crippen LogP contribution in [0.3, 0.4) is 0 Å². The molecular weight excluding hydrogens is 453 g/mol. The van der Waals surface area contributed by atoms with Crippen molar-refractivity contribution in [3.8, 4) is 11.1 Å². The molecule has 0 aliphatic heterocycles. The Bertz CT molecular complexity index is 1420. The molecule has 188 valence electrons. The van der Waals surface area contributed by atoms with E-state index in [0.717, 1.165) is 22.5 Å². The van der Waals surface area contributed by atoms with Crippen LogP contribution in [0.1, 0.15) is 52.7 Å². The van der Waals surface area contributed by atoms with Gasteiger partial charge in [0.2, 0.25) is 0 Å². The van der Waals surface area contributed by atoms with Gasteiger partial charge in [0.25, 0.3) is 0 Å². The lowest BCUT2D eigenvalue weighted by Gasteiger charge is -2.38. The van der Waals surface area contributed by atoms with Gasteiger partial charge < -0.3 is 14.7 Å². The Hall–Kier alpha value is -3.34. The first-order valence-corrected chi connectivity index (χ1v) is 13.0. The van der Waals surface area contributed by atoms with Crippen LogP contribution in [0.25, 0.3) is 11.1 Å². The number of fused-ring (bicyclic) bond motifs is 3. The Labute approximate surface area is 222 Å². The highest BCUT2D eigenvalue weighted by Crippen LogP contribution is 2.50. The van der Waals surface area contributed by atoms with Crippen LogP contribution in [0, 0.1) is 0 Å². The van der Waals surface area contributed by atoms with Crippen LogP contribution < -0.4 is 10.4 Å². The molecule has 0 amide bonds. The van der Waals surface area contributed by atoms with Crippen LogP contribution in [-0.2, 0) is 10.1 Å². The van der Waals surface area contributed by atoms with E-state index in [1.165, 1.54) is 22.3 Å². The molecule has 0 atom stereocenters. The molecule has 1 aliphatic rings. The van der Waals surface area contributed by atoms with Crippen molar-refractivity contribution in [2.24, 2.45) is 0 Å². The van der Waals surface area contributed by atoms with E-state index in [1.807, 2.05) is 26.0 Å². The first kappa shape index (κ1) is 25.3. The second-order valence-electron chi connectivity index (χ2n) is 11.6. The third kappa shape index (κ3) is 4.49. The van der Waals surface area contributed by atoms with Gasteiger partial charge in [0.05, 0.1) is 11.2 Å². The van der Waals surface area contributed by atoms with Crippen LogP contribution in [-0.4, -0.2) is 23.8 Å². The van der Waals surface area contributed by atoms with Gasteiger partial charge in [-0.15, -0.1) is 0 Å². The Morgan fingerprint density at radius 1 is 0.703 bits per heavy atom. The van der Waals surface area contributed by atoms with Crippen molar-refractivity contribution >= 4 is 30.0 Å². The molecule has 4 aromatic carbocycles. The van der Waals surface area contributed by atoms with E-state index in [4.69, 9.17) is 4.65 Å². The Kier molecular flexibility index (Phi) is 6.30. The van der Waals surface area contributed by atoms with Gasteiger partial charge in [-0.1, -0.05) is 80.6 Å². The largest absolute Gasteiger partial charge is 0.427 e. The van der Waals surface area contributed by atoms with Gasteiger partial charge in [-0.05, 0) is 85.7 Å². The quantitative estimate of drug-likeness (QED) is 0.284. The number of para-hydroxylation sites is 2. The van der Waals surface area contributed by atoms with E-state index in [-0.39, 0.29) is 5.41 Å². The van der Waals surface area contributed by atoms with Gasteiger partial charge in [-0.2, -0.15) is 0 Å². The third-order valence-electron chi connectivity index (χ3n) is 8.13. The summed E-state index contributed by atoms with van der Waals surface area (Å²) in [5.41, 5.74) is 7.90. The summed E-state index contributed by atoms with van der Waals surface area (Å²) in [7, 11) is 0.387. The molecule has 4 aromatic rings. The molecule has 0 radical (unpaired) electrons. The van der Waals surface area contributed by atoms with Gasteiger partial charge in [-0.25, -0.2) is 0 Å². The normalized spacial score (nSPS) is 14.1. The summed E-state index contributed by atoms with van der Waals surface area (Å²) in [6.45, 7) is 12.1. The highest BCUT2D eigenvalue weighted by atomic mass is 16.5. The SMILES string of the molecule is CC1(C)c2ccccc2-c2ccc(N(c3ccccc3)c3ccccc3BOC(C)(C)C(C)(C)O)cc21. The minimum atomic E-state index is -0.971. The maximum atomic E-state index is 10.6. The van der Waals surface area contributed by atoms with E-state index in [2.05, 4.69) is 104 Å². The highest BCUT2D eigenvalue weighted by Gasteiger charge is 2.37. The topological polar surface area (TPSA) is 32.7 Å². The lowest BCUT2D eigenvalue weighted by atomic mass is 9.81. The lowest BCUT2D eigenvalue weighted by Crippen LogP contribution is -2.49. The molecule has 0 fully saturated rings.